The van der Waals surface area contributed by atoms with Crippen molar-refractivity contribution in [3.05, 3.63) is 53.6 Å². The van der Waals surface area contributed by atoms with Gasteiger partial charge in [-0.3, -0.25) is 0 Å². The van der Waals surface area contributed by atoms with Crippen molar-refractivity contribution < 1.29 is 12.8 Å². The lowest BCUT2D eigenvalue weighted by Crippen LogP contribution is -2.22. The number of rotatable bonds is 5. The minimum absolute atomic E-state index is 0.171. The van der Waals surface area contributed by atoms with Gasteiger partial charge in [-0.1, -0.05) is 30.0 Å². The summed E-state index contributed by atoms with van der Waals surface area (Å²) in [6.07, 6.45) is 0. The van der Waals surface area contributed by atoms with Gasteiger partial charge in [-0.15, -0.1) is 0 Å². The van der Waals surface area contributed by atoms with Gasteiger partial charge in [-0.25, -0.2) is 17.7 Å². The Kier molecular flexibility index (Phi) is 4.81. The van der Waals surface area contributed by atoms with E-state index in [-0.39, 0.29) is 4.90 Å². The van der Waals surface area contributed by atoms with Gasteiger partial charge < -0.3 is 4.42 Å². The number of oxazole rings is 1. The number of nitriles is 1. The fourth-order valence-corrected chi connectivity index (χ4v) is 3.98. The van der Waals surface area contributed by atoms with Crippen LogP contribution in [-0.4, -0.2) is 31.8 Å². The highest BCUT2D eigenvalue weighted by Gasteiger charge is 2.19. The van der Waals surface area contributed by atoms with E-state index in [1.165, 1.54) is 38.0 Å². The summed E-state index contributed by atoms with van der Waals surface area (Å²) in [5.74, 6) is 0.541. The predicted octanol–water partition coefficient (Wildman–Crippen LogP) is 3.24. The first-order chi connectivity index (χ1) is 11.9. The van der Waals surface area contributed by atoms with Gasteiger partial charge in [0.05, 0.1) is 16.5 Å². The van der Waals surface area contributed by atoms with Crippen molar-refractivity contribution in [2.45, 2.75) is 15.9 Å². The van der Waals surface area contributed by atoms with Crippen LogP contribution < -0.4 is 0 Å². The third kappa shape index (κ3) is 3.54. The van der Waals surface area contributed by atoms with Gasteiger partial charge in [0.1, 0.15) is 5.52 Å². The summed E-state index contributed by atoms with van der Waals surface area (Å²) in [5, 5.41) is 9.55. The predicted molar refractivity (Wildman–Crippen MR) is 95.6 cm³/mol. The number of aromatic nitrogens is 1. The fourth-order valence-electron chi connectivity index (χ4n) is 2.21. The first-order valence-electron chi connectivity index (χ1n) is 7.36. The average Bonchev–Trinajstić information content (AvgIpc) is 3.02. The van der Waals surface area contributed by atoms with Crippen LogP contribution >= 0.6 is 11.8 Å². The number of hydrogen-bond donors (Lipinski definition) is 0. The molecule has 0 bridgehead atoms. The maximum Gasteiger partial charge on any atom is 0.257 e. The lowest BCUT2D eigenvalue weighted by Gasteiger charge is -2.10. The van der Waals surface area contributed by atoms with E-state index in [2.05, 4.69) is 11.1 Å². The zero-order chi connectivity index (χ0) is 18.0. The van der Waals surface area contributed by atoms with Crippen LogP contribution in [-0.2, 0) is 15.8 Å². The lowest BCUT2D eigenvalue weighted by molar-refractivity contribution is 0.489. The molecular weight excluding hydrogens is 358 g/mol. The highest BCUT2D eigenvalue weighted by molar-refractivity contribution is 7.98. The molecule has 0 fully saturated rings. The molecule has 0 atom stereocenters. The summed E-state index contributed by atoms with van der Waals surface area (Å²) in [4.78, 5) is 4.52. The van der Waals surface area contributed by atoms with Gasteiger partial charge >= 0.3 is 0 Å². The van der Waals surface area contributed by atoms with E-state index in [4.69, 9.17) is 9.68 Å². The van der Waals surface area contributed by atoms with E-state index >= 15 is 0 Å². The maximum absolute atomic E-state index is 12.2. The average molecular weight is 373 g/mol. The van der Waals surface area contributed by atoms with E-state index in [0.717, 1.165) is 9.87 Å². The third-order valence-electron chi connectivity index (χ3n) is 3.61. The molecule has 0 aliphatic heterocycles. The Morgan fingerprint density at radius 3 is 2.72 bits per heavy atom. The van der Waals surface area contributed by atoms with Crippen LogP contribution in [0.25, 0.3) is 11.1 Å². The number of fused-ring (bicyclic) bond motifs is 1. The van der Waals surface area contributed by atoms with Crippen LogP contribution in [0.3, 0.4) is 0 Å². The van der Waals surface area contributed by atoms with Gasteiger partial charge in [0.2, 0.25) is 10.0 Å². The maximum atomic E-state index is 12.2. The Balaban J connectivity index is 1.86. The fraction of sp³-hybridized carbons (Fsp3) is 0.176. The molecule has 3 rings (SSSR count). The standard InChI is InChI=1S/C17H15N3O3S2/c1-20(2)25(21,22)14-7-8-16-15(9-14)19-17(23-16)24-11-13-6-4-3-5-12(13)10-18/h3-9H,11H2,1-2H3. The normalized spacial score (nSPS) is 11.8. The van der Waals surface area contributed by atoms with Crippen molar-refractivity contribution in [2.75, 3.05) is 14.1 Å². The number of benzene rings is 2. The van der Waals surface area contributed by atoms with Gasteiger partial charge in [-0.05, 0) is 29.8 Å². The Morgan fingerprint density at radius 2 is 2.00 bits per heavy atom. The molecular formula is C17H15N3O3S2. The first kappa shape index (κ1) is 17.5. The minimum Gasteiger partial charge on any atom is -0.431 e. The molecule has 25 heavy (non-hydrogen) atoms. The van der Waals surface area contributed by atoms with E-state index in [1.54, 1.807) is 12.1 Å². The van der Waals surface area contributed by atoms with Crippen molar-refractivity contribution in [3.63, 3.8) is 0 Å². The van der Waals surface area contributed by atoms with E-state index < -0.39 is 10.0 Å². The summed E-state index contributed by atoms with van der Waals surface area (Å²) >= 11 is 1.36. The monoisotopic (exact) mass is 373 g/mol. The second-order valence-corrected chi connectivity index (χ2v) is 8.53. The quantitative estimate of drug-likeness (QED) is 0.638. The molecule has 3 aromatic rings. The van der Waals surface area contributed by atoms with Crippen molar-refractivity contribution in [1.29, 1.82) is 5.26 Å². The molecule has 6 nitrogen and oxygen atoms in total. The van der Waals surface area contributed by atoms with E-state index in [9.17, 15) is 8.42 Å². The molecule has 128 valence electrons. The van der Waals surface area contributed by atoms with Crippen molar-refractivity contribution >= 4 is 32.9 Å². The Labute approximate surface area is 150 Å². The van der Waals surface area contributed by atoms with Crippen molar-refractivity contribution in [1.82, 2.24) is 9.29 Å². The Bertz CT molecular complexity index is 1070. The Hall–Kier alpha value is -2.34. The topological polar surface area (TPSA) is 87.2 Å². The summed E-state index contributed by atoms with van der Waals surface area (Å²) in [5.41, 5.74) is 2.52. The molecule has 0 aliphatic rings. The van der Waals surface area contributed by atoms with Crippen LogP contribution in [0, 0.1) is 11.3 Å². The van der Waals surface area contributed by atoms with Crippen molar-refractivity contribution in [2.24, 2.45) is 0 Å². The minimum atomic E-state index is -3.51. The number of sulfonamides is 1. The number of thioether (sulfide) groups is 1. The summed E-state index contributed by atoms with van der Waals surface area (Å²) in [6.45, 7) is 0. The summed E-state index contributed by atoms with van der Waals surface area (Å²) in [6, 6.07) is 14.1. The molecule has 0 aliphatic carbocycles. The van der Waals surface area contributed by atoms with E-state index in [0.29, 0.717) is 27.6 Å². The van der Waals surface area contributed by atoms with E-state index in [1.807, 2.05) is 18.2 Å². The molecule has 0 N–H and O–H groups in total. The molecule has 0 radical (unpaired) electrons. The zero-order valence-electron chi connectivity index (χ0n) is 13.6. The van der Waals surface area contributed by atoms with Gasteiger partial charge in [0.15, 0.2) is 5.58 Å². The first-order valence-corrected chi connectivity index (χ1v) is 9.78. The summed E-state index contributed by atoms with van der Waals surface area (Å²) < 4.78 is 31.2. The lowest BCUT2D eigenvalue weighted by atomic mass is 10.1. The second kappa shape index (κ2) is 6.88. The van der Waals surface area contributed by atoms with Crippen molar-refractivity contribution in [3.8, 4) is 6.07 Å². The van der Waals surface area contributed by atoms with Crippen LogP contribution in [0.2, 0.25) is 0 Å². The van der Waals surface area contributed by atoms with Gasteiger partial charge in [0.25, 0.3) is 5.22 Å². The molecule has 8 heteroatoms. The highest BCUT2D eigenvalue weighted by Crippen LogP contribution is 2.28. The van der Waals surface area contributed by atoms with Gasteiger partial charge in [-0.2, -0.15) is 5.26 Å². The second-order valence-electron chi connectivity index (χ2n) is 5.45. The highest BCUT2D eigenvalue weighted by atomic mass is 32.2. The smallest absolute Gasteiger partial charge is 0.257 e. The molecule has 0 spiro atoms. The van der Waals surface area contributed by atoms with Crippen LogP contribution in [0.1, 0.15) is 11.1 Å². The Morgan fingerprint density at radius 1 is 1.24 bits per heavy atom. The van der Waals surface area contributed by atoms with Crippen LogP contribution in [0.5, 0.6) is 0 Å². The number of nitrogens with zero attached hydrogens (tertiary/aromatic N) is 3. The van der Waals surface area contributed by atoms with Crippen LogP contribution in [0.15, 0.2) is 57.0 Å². The molecule has 2 aromatic carbocycles. The zero-order valence-corrected chi connectivity index (χ0v) is 15.3. The summed E-state index contributed by atoms with van der Waals surface area (Å²) in [7, 11) is -0.550. The molecule has 0 saturated carbocycles. The molecule has 0 saturated heterocycles. The molecule has 0 unspecified atom stereocenters. The largest absolute Gasteiger partial charge is 0.431 e. The molecule has 1 aromatic heterocycles. The SMILES string of the molecule is CN(C)S(=O)(=O)c1ccc2oc(SCc3ccccc3C#N)nc2c1. The molecule has 0 amide bonds. The van der Waals surface area contributed by atoms with Gasteiger partial charge in [0, 0.05) is 19.8 Å². The third-order valence-corrected chi connectivity index (χ3v) is 6.29. The number of hydrogen-bond acceptors (Lipinski definition) is 6. The molecule has 1 heterocycles. The van der Waals surface area contributed by atoms with Crippen LogP contribution in [0.4, 0.5) is 0 Å².